The molecule has 0 atom stereocenters. The monoisotopic (exact) mass is 464 g/mol. The van der Waals surface area contributed by atoms with Crippen molar-refractivity contribution in [2.45, 2.75) is 19.4 Å². The summed E-state index contributed by atoms with van der Waals surface area (Å²) in [4.78, 5) is 25.1. The number of hydrogen-bond donors (Lipinski definition) is 1. The maximum Gasteiger partial charge on any atom is 0.253 e. The summed E-state index contributed by atoms with van der Waals surface area (Å²) in [5, 5.41) is 2.93. The van der Waals surface area contributed by atoms with Gasteiger partial charge in [0.2, 0.25) is 0 Å². The number of aldehydes is 1. The minimum absolute atomic E-state index is 0.286. The molecule has 8 heteroatoms. The molecule has 0 radical (unpaired) electrons. The third-order valence-corrected chi connectivity index (χ3v) is 6.11. The van der Waals surface area contributed by atoms with Crippen LogP contribution in [0, 0.1) is 0 Å². The fourth-order valence-electron chi connectivity index (χ4n) is 4.39. The van der Waals surface area contributed by atoms with Gasteiger partial charge in [-0.2, -0.15) is 0 Å². The average Bonchev–Trinajstić information content (AvgIpc) is 3.26. The number of benzene rings is 2. The number of carbonyl (C=O) groups excluding carboxylic acids is 2. The Bertz CT molecular complexity index is 1230. The van der Waals surface area contributed by atoms with Crippen LogP contribution in [0.3, 0.4) is 0 Å². The van der Waals surface area contributed by atoms with Gasteiger partial charge in [0.05, 0.1) is 45.3 Å². The number of carbonyl (C=O) groups is 2. The summed E-state index contributed by atoms with van der Waals surface area (Å²) in [6.07, 6.45) is 3.87. The number of ether oxygens (including phenoxy) is 4. The lowest BCUT2D eigenvalue weighted by Crippen LogP contribution is -2.26. The maximum atomic E-state index is 13.0. The molecule has 1 aromatic heterocycles. The first kappa shape index (κ1) is 23.2. The molecule has 34 heavy (non-hydrogen) atoms. The topological polar surface area (TPSA) is 88.0 Å². The normalized spacial score (nSPS) is 11.8. The molecule has 1 aliphatic heterocycles. The lowest BCUT2D eigenvalue weighted by molar-refractivity contribution is 0.0949. The molecule has 0 saturated heterocycles. The molecule has 0 spiro atoms. The van der Waals surface area contributed by atoms with E-state index in [0.29, 0.717) is 53.6 Å². The van der Waals surface area contributed by atoms with Crippen LogP contribution in [-0.4, -0.2) is 51.7 Å². The van der Waals surface area contributed by atoms with Crippen molar-refractivity contribution in [3.05, 3.63) is 58.8 Å². The van der Waals surface area contributed by atoms with Crippen molar-refractivity contribution in [2.24, 2.45) is 0 Å². The van der Waals surface area contributed by atoms with Gasteiger partial charge in [-0.25, -0.2) is 0 Å². The number of nitrogens with zero attached hydrogens (tertiary/aromatic N) is 1. The number of aromatic nitrogens is 1. The second kappa shape index (κ2) is 9.91. The summed E-state index contributed by atoms with van der Waals surface area (Å²) >= 11 is 0. The Morgan fingerprint density at radius 2 is 1.65 bits per heavy atom. The van der Waals surface area contributed by atoms with Crippen molar-refractivity contribution < 1.29 is 28.5 Å². The van der Waals surface area contributed by atoms with Crippen LogP contribution in [-0.2, 0) is 19.4 Å². The highest BCUT2D eigenvalue weighted by Crippen LogP contribution is 2.40. The van der Waals surface area contributed by atoms with E-state index < -0.39 is 0 Å². The summed E-state index contributed by atoms with van der Waals surface area (Å²) < 4.78 is 23.4. The molecule has 1 N–H and O–H groups in total. The molecule has 3 aromatic rings. The van der Waals surface area contributed by atoms with Gasteiger partial charge >= 0.3 is 0 Å². The van der Waals surface area contributed by atoms with Crippen LogP contribution in [0.5, 0.6) is 23.0 Å². The molecule has 1 amide bonds. The van der Waals surface area contributed by atoms with E-state index in [4.69, 9.17) is 18.9 Å². The van der Waals surface area contributed by atoms with Gasteiger partial charge in [-0.3, -0.25) is 9.59 Å². The molecule has 1 aliphatic rings. The Labute approximate surface area is 198 Å². The Morgan fingerprint density at radius 1 is 0.971 bits per heavy atom. The molecule has 2 aromatic carbocycles. The van der Waals surface area contributed by atoms with Crippen LogP contribution in [0.1, 0.15) is 31.8 Å². The van der Waals surface area contributed by atoms with Gasteiger partial charge in [0.15, 0.2) is 29.3 Å². The zero-order valence-corrected chi connectivity index (χ0v) is 19.8. The van der Waals surface area contributed by atoms with Crippen molar-refractivity contribution in [1.82, 2.24) is 9.88 Å². The van der Waals surface area contributed by atoms with Gasteiger partial charge in [-0.1, -0.05) is 6.07 Å². The first-order valence-corrected chi connectivity index (χ1v) is 11.0. The number of amides is 1. The number of nitrogens with one attached hydrogen (secondary N) is 1. The highest BCUT2D eigenvalue weighted by Gasteiger charge is 2.27. The third-order valence-electron chi connectivity index (χ3n) is 6.11. The molecular formula is C26H28N2O6. The maximum absolute atomic E-state index is 13.0. The molecule has 0 unspecified atom stereocenters. The van der Waals surface area contributed by atoms with E-state index in [1.54, 1.807) is 34.6 Å². The molecular weight excluding hydrogens is 436 g/mol. The molecule has 0 saturated carbocycles. The molecule has 178 valence electrons. The Kier molecular flexibility index (Phi) is 6.77. The van der Waals surface area contributed by atoms with Crippen molar-refractivity contribution in [3.63, 3.8) is 0 Å². The minimum atomic E-state index is -0.286. The zero-order chi connectivity index (χ0) is 24.2. The Morgan fingerprint density at radius 3 is 2.32 bits per heavy atom. The van der Waals surface area contributed by atoms with Crippen molar-refractivity contribution in [2.75, 3.05) is 35.0 Å². The van der Waals surface area contributed by atoms with Crippen LogP contribution in [0.25, 0.3) is 11.3 Å². The smallest absolute Gasteiger partial charge is 0.253 e. The first-order chi connectivity index (χ1) is 16.5. The average molecular weight is 465 g/mol. The second-order valence-corrected chi connectivity index (χ2v) is 7.93. The van der Waals surface area contributed by atoms with Gasteiger partial charge in [-0.05, 0) is 48.2 Å². The van der Waals surface area contributed by atoms with E-state index in [2.05, 4.69) is 5.32 Å². The highest BCUT2D eigenvalue weighted by molar-refractivity contribution is 6.05. The molecule has 0 aliphatic carbocycles. The molecule has 0 fully saturated rings. The number of methoxy groups -OCH3 is 4. The van der Waals surface area contributed by atoms with Crippen LogP contribution >= 0.6 is 0 Å². The van der Waals surface area contributed by atoms with E-state index >= 15 is 0 Å². The van der Waals surface area contributed by atoms with E-state index in [0.717, 1.165) is 35.1 Å². The molecule has 4 rings (SSSR count). The number of aryl methyl sites for hydroxylation is 2. The van der Waals surface area contributed by atoms with Gasteiger partial charge < -0.3 is 28.8 Å². The fourth-order valence-corrected chi connectivity index (χ4v) is 4.39. The summed E-state index contributed by atoms with van der Waals surface area (Å²) in [7, 11) is 6.34. The predicted molar refractivity (Wildman–Crippen MR) is 128 cm³/mol. The van der Waals surface area contributed by atoms with Gasteiger partial charge in [-0.15, -0.1) is 0 Å². The van der Waals surface area contributed by atoms with E-state index in [1.165, 1.54) is 0 Å². The third kappa shape index (κ3) is 4.19. The van der Waals surface area contributed by atoms with Crippen LogP contribution in [0.15, 0.2) is 36.5 Å². The fraction of sp³-hybridized carbons (Fsp3) is 0.308. The van der Waals surface area contributed by atoms with Crippen LogP contribution in [0.4, 0.5) is 0 Å². The van der Waals surface area contributed by atoms with Gasteiger partial charge in [0, 0.05) is 24.8 Å². The Balaban J connectivity index is 1.56. The summed E-state index contributed by atoms with van der Waals surface area (Å²) in [5.74, 6) is 2.22. The lowest BCUT2D eigenvalue weighted by atomic mass is 9.95. The summed E-state index contributed by atoms with van der Waals surface area (Å²) in [6, 6.07) is 9.45. The molecule has 0 bridgehead atoms. The summed E-state index contributed by atoms with van der Waals surface area (Å²) in [6.45, 7) is 1.08. The zero-order valence-electron chi connectivity index (χ0n) is 19.8. The minimum Gasteiger partial charge on any atom is -0.493 e. The van der Waals surface area contributed by atoms with Crippen LogP contribution < -0.4 is 24.3 Å². The molecule has 2 heterocycles. The van der Waals surface area contributed by atoms with E-state index in [1.807, 2.05) is 34.9 Å². The first-order valence-electron chi connectivity index (χ1n) is 11.0. The van der Waals surface area contributed by atoms with Crippen molar-refractivity contribution in [3.8, 4) is 34.3 Å². The number of rotatable bonds is 9. The van der Waals surface area contributed by atoms with E-state index in [-0.39, 0.29) is 5.91 Å². The second-order valence-electron chi connectivity index (χ2n) is 7.93. The Hall–Kier alpha value is -3.94. The predicted octanol–water partition coefficient (Wildman–Crippen LogP) is 3.53. The quantitative estimate of drug-likeness (QED) is 0.488. The van der Waals surface area contributed by atoms with Gasteiger partial charge in [0.25, 0.3) is 5.91 Å². The number of fused-ring (bicyclic) bond motifs is 3. The van der Waals surface area contributed by atoms with E-state index in [9.17, 15) is 9.59 Å². The van der Waals surface area contributed by atoms with Crippen LogP contribution in [0.2, 0.25) is 0 Å². The molecule has 8 nitrogen and oxygen atoms in total. The lowest BCUT2D eigenvalue weighted by Gasteiger charge is -2.22. The largest absolute Gasteiger partial charge is 0.493 e. The van der Waals surface area contributed by atoms with Crippen molar-refractivity contribution in [1.29, 1.82) is 0 Å². The van der Waals surface area contributed by atoms with Crippen molar-refractivity contribution >= 4 is 12.2 Å². The summed E-state index contributed by atoms with van der Waals surface area (Å²) in [5.41, 5.74) is 4.38. The number of hydrogen-bond acceptors (Lipinski definition) is 6. The highest BCUT2D eigenvalue weighted by atomic mass is 16.5. The van der Waals surface area contributed by atoms with Gasteiger partial charge in [0.1, 0.15) is 0 Å². The SMILES string of the molecule is COc1ccc(CCNC(=O)c2cn3c(c2C=O)-c2cc(OC)c(OC)cc2CC3)cc1OC. The standard InChI is InChI=1S/C26H28N2O6/c1-31-21-6-5-16(11-22(21)32-2)7-9-27-26(30)19-14-28-10-8-17-12-23(33-3)24(34-4)13-18(17)25(28)20(19)15-29/h5-6,11-15H,7-10H2,1-4H3,(H,27,30).